The minimum atomic E-state index is -0.764. The van der Waals surface area contributed by atoms with E-state index in [1.165, 1.54) is 18.1 Å². The molecule has 1 amide bonds. The van der Waals surface area contributed by atoms with Crippen LogP contribution in [-0.2, 0) is 0 Å². The molecule has 0 saturated carbocycles. The molecule has 1 aliphatic rings. The van der Waals surface area contributed by atoms with E-state index in [0.717, 1.165) is 0 Å². The quantitative estimate of drug-likeness (QED) is 0.331. The number of carbonyl (C=O) groups excluding carboxylic acids is 1. The van der Waals surface area contributed by atoms with Crippen LogP contribution in [0.25, 0.3) is 11.0 Å². The number of rotatable bonds is 3. The molecule has 5 nitrogen and oxygen atoms in total. The molecule has 160 valence electrons. The van der Waals surface area contributed by atoms with Gasteiger partial charge in [-0.1, -0.05) is 46.9 Å². The van der Waals surface area contributed by atoms with Gasteiger partial charge in [-0.15, -0.1) is 0 Å². The van der Waals surface area contributed by atoms with E-state index in [2.05, 4.69) is 0 Å². The summed E-state index contributed by atoms with van der Waals surface area (Å²) in [5, 5.41) is 1.50. The van der Waals surface area contributed by atoms with Gasteiger partial charge in [0.15, 0.2) is 5.43 Å². The van der Waals surface area contributed by atoms with Crippen molar-refractivity contribution in [2.75, 3.05) is 12.0 Å². The molecule has 1 aliphatic heterocycles. The Morgan fingerprint density at radius 3 is 2.44 bits per heavy atom. The molecule has 3 aromatic carbocycles. The van der Waals surface area contributed by atoms with Crippen LogP contribution in [0.2, 0.25) is 15.1 Å². The van der Waals surface area contributed by atoms with Gasteiger partial charge in [0, 0.05) is 15.7 Å². The molecule has 4 aromatic rings. The number of anilines is 1. The number of halogens is 3. The topological polar surface area (TPSA) is 59.8 Å². The maximum Gasteiger partial charge on any atom is 0.295 e. The zero-order valence-corrected chi connectivity index (χ0v) is 18.8. The van der Waals surface area contributed by atoms with Crippen LogP contribution in [0.3, 0.4) is 0 Å². The first kappa shape index (κ1) is 20.9. The Bertz CT molecular complexity index is 1460. The molecule has 0 bridgehead atoms. The van der Waals surface area contributed by atoms with Crippen molar-refractivity contribution < 1.29 is 13.9 Å². The summed E-state index contributed by atoms with van der Waals surface area (Å²) in [6, 6.07) is 15.9. The van der Waals surface area contributed by atoms with Crippen molar-refractivity contribution in [1.82, 2.24) is 0 Å². The van der Waals surface area contributed by atoms with Crippen molar-refractivity contribution in [2.24, 2.45) is 0 Å². The van der Waals surface area contributed by atoms with Gasteiger partial charge in [0.05, 0.1) is 29.1 Å². The first-order valence-electron chi connectivity index (χ1n) is 9.58. The Morgan fingerprint density at radius 1 is 0.938 bits per heavy atom. The molecule has 1 unspecified atom stereocenters. The predicted molar refractivity (Wildman–Crippen MR) is 126 cm³/mol. The Balaban J connectivity index is 1.81. The molecule has 1 atom stereocenters. The molecule has 0 aliphatic carbocycles. The summed E-state index contributed by atoms with van der Waals surface area (Å²) in [6.45, 7) is 0. The summed E-state index contributed by atoms with van der Waals surface area (Å²) in [5.41, 5.74) is 1.32. The minimum Gasteiger partial charge on any atom is -0.495 e. The van der Waals surface area contributed by atoms with Crippen molar-refractivity contribution in [3.05, 3.63) is 103 Å². The number of amides is 1. The summed E-state index contributed by atoms with van der Waals surface area (Å²) < 4.78 is 11.1. The molecule has 5 rings (SSSR count). The highest BCUT2D eigenvalue weighted by molar-refractivity contribution is 6.32. The SMILES string of the molecule is COc1ccc(N2C(=O)c3oc4ccc(Cl)cc4c(=O)c3C2c2cccc(Cl)c2)cc1Cl. The Morgan fingerprint density at radius 2 is 1.72 bits per heavy atom. The van der Waals surface area contributed by atoms with Crippen molar-refractivity contribution in [3.63, 3.8) is 0 Å². The average molecular weight is 487 g/mol. The highest BCUT2D eigenvalue weighted by atomic mass is 35.5. The highest BCUT2D eigenvalue weighted by Gasteiger charge is 2.43. The van der Waals surface area contributed by atoms with E-state index < -0.39 is 11.9 Å². The van der Waals surface area contributed by atoms with E-state index >= 15 is 0 Å². The Hall–Kier alpha value is -2.99. The van der Waals surface area contributed by atoms with E-state index in [1.54, 1.807) is 54.6 Å². The summed E-state index contributed by atoms with van der Waals surface area (Å²) in [6.07, 6.45) is 0. The number of nitrogens with zero attached hydrogens (tertiary/aromatic N) is 1. The monoisotopic (exact) mass is 485 g/mol. The third-order valence-electron chi connectivity index (χ3n) is 5.41. The van der Waals surface area contributed by atoms with E-state index in [-0.39, 0.29) is 22.3 Å². The van der Waals surface area contributed by atoms with Crippen LogP contribution in [0.15, 0.2) is 69.9 Å². The molecule has 1 aromatic heterocycles. The lowest BCUT2D eigenvalue weighted by Gasteiger charge is -2.25. The molecule has 8 heteroatoms. The van der Waals surface area contributed by atoms with Crippen molar-refractivity contribution in [2.45, 2.75) is 6.04 Å². The van der Waals surface area contributed by atoms with Crippen LogP contribution in [0.5, 0.6) is 5.75 Å². The second kappa shape index (κ2) is 7.85. The van der Waals surface area contributed by atoms with Gasteiger partial charge in [-0.2, -0.15) is 0 Å². The molecular weight excluding hydrogens is 473 g/mol. The van der Waals surface area contributed by atoms with Gasteiger partial charge in [-0.3, -0.25) is 14.5 Å². The number of carbonyl (C=O) groups is 1. The van der Waals surface area contributed by atoms with E-state index in [0.29, 0.717) is 37.5 Å². The standard InChI is InChI=1S/C24H14Cl3NO4/c1-31-19-8-6-15(11-17(19)27)28-21(12-3-2-4-13(25)9-12)20-22(29)16-10-14(26)5-7-18(16)32-23(20)24(28)30/h2-11,21H,1H3. The van der Waals surface area contributed by atoms with E-state index in [4.69, 9.17) is 44.0 Å². The van der Waals surface area contributed by atoms with Gasteiger partial charge >= 0.3 is 0 Å². The summed E-state index contributed by atoms with van der Waals surface area (Å²) in [4.78, 5) is 28.6. The van der Waals surface area contributed by atoms with E-state index in [9.17, 15) is 9.59 Å². The fourth-order valence-electron chi connectivity index (χ4n) is 4.01. The Kier molecular flexibility index (Phi) is 5.13. The summed E-state index contributed by atoms with van der Waals surface area (Å²) in [5.74, 6) is -0.0182. The van der Waals surface area contributed by atoms with Gasteiger partial charge in [-0.05, 0) is 54.1 Å². The van der Waals surface area contributed by atoms with Gasteiger partial charge in [0.25, 0.3) is 5.91 Å². The maximum absolute atomic E-state index is 13.6. The summed E-state index contributed by atoms with van der Waals surface area (Å²) in [7, 11) is 1.51. The first-order chi connectivity index (χ1) is 15.4. The molecule has 0 radical (unpaired) electrons. The smallest absolute Gasteiger partial charge is 0.295 e. The first-order valence-corrected chi connectivity index (χ1v) is 10.7. The lowest BCUT2D eigenvalue weighted by atomic mass is 9.98. The zero-order chi connectivity index (χ0) is 22.6. The third kappa shape index (κ3) is 3.25. The normalized spacial score (nSPS) is 15.3. The lowest BCUT2D eigenvalue weighted by Crippen LogP contribution is -2.29. The van der Waals surface area contributed by atoms with Gasteiger partial charge in [0.2, 0.25) is 5.76 Å². The number of benzene rings is 3. The van der Waals surface area contributed by atoms with Crippen LogP contribution in [0.1, 0.15) is 27.7 Å². The summed E-state index contributed by atoms with van der Waals surface area (Å²) >= 11 is 18.7. The number of methoxy groups -OCH3 is 1. The number of hydrogen-bond acceptors (Lipinski definition) is 4. The number of ether oxygens (including phenoxy) is 1. The molecule has 0 N–H and O–H groups in total. The molecule has 0 saturated heterocycles. The second-order valence-electron chi connectivity index (χ2n) is 7.27. The fraction of sp³-hybridized carbons (Fsp3) is 0.0833. The van der Waals surface area contributed by atoms with Crippen molar-refractivity contribution in [1.29, 1.82) is 0 Å². The van der Waals surface area contributed by atoms with Crippen molar-refractivity contribution >= 4 is 57.4 Å². The lowest BCUT2D eigenvalue weighted by molar-refractivity contribution is 0.0971. The predicted octanol–water partition coefficient (Wildman–Crippen LogP) is 6.51. The van der Waals surface area contributed by atoms with Gasteiger partial charge in [-0.25, -0.2) is 0 Å². The average Bonchev–Trinajstić information content (AvgIpc) is 3.07. The Labute approximate surface area is 197 Å². The second-order valence-corrected chi connectivity index (χ2v) is 8.55. The zero-order valence-electron chi connectivity index (χ0n) is 16.6. The molecule has 0 fully saturated rings. The van der Waals surface area contributed by atoms with Crippen LogP contribution < -0.4 is 15.1 Å². The van der Waals surface area contributed by atoms with Crippen LogP contribution in [0.4, 0.5) is 5.69 Å². The largest absolute Gasteiger partial charge is 0.495 e. The third-order valence-corrected chi connectivity index (χ3v) is 6.18. The van der Waals surface area contributed by atoms with Crippen LogP contribution in [0, 0.1) is 0 Å². The minimum absolute atomic E-state index is 0.0262. The van der Waals surface area contributed by atoms with Gasteiger partial charge in [0.1, 0.15) is 11.3 Å². The maximum atomic E-state index is 13.6. The van der Waals surface area contributed by atoms with E-state index in [1.807, 2.05) is 0 Å². The highest BCUT2D eigenvalue weighted by Crippen LogP contribution is 2.43. The number of hydrogen-bond donors (Lipinski definition) is 0. The molecule has 0 spiro atoms. The molecule has 2 heterocycles. The van der Waals surface area contributed by atoms with Crippen LogP contribution >= 0.6 is 34.8 Å². The number of fused-ring (bicyclic) bond motifs is 2. The molecule has 32 heavy (non-hydrogen) atoms. The van der Waals surface area contributed by atoms with Gasteiger partial charge < -0.3 is 9.15 Å². The van der Waals surface area contributed by atoms with Crippen molar-refractivity contribution in [3.8, 4) is 5.75 Å². The fourth-order valence-corrected chi connectivity index (χ4v) is 4.63. The van der Waals surface area contributed by atoms with Crippen LogP contribution in [-0.4, -0.2) is 13.0 Å². The molecular formula is C24H14Cl3NO4.